The van der Waals surface area contributed by atoms with E-state index in [1.54, 1.807) is 0 Å². The third-order valence-electron chi connectivity index (χ3n) is 10.8. The first-order valence-corrected chi connectivity index (χ1v) is 13.0. The first kappa shape index (κ1) is 22.1. The van der Waals surface area contributed by atoms with E-state index in [9.17, 15) is 10.2 Å². The molecule has 4 fully saturated rings. The van der Waals surface area contributed by atoms with Crippen molar-refractivity contribution in [2.45, 2.75) is 117 Å². The summed E-state index contributed by atoms with van der Waals surface area (Å²) in [6, 6.07) is 0. The molecule has 168 valence electrons. The van der Waals surface area contributed by atoms with Gasteiger partial charge < -0.3 is 10.2 Å². The van der Waals surface area contributed by atoms with Crippen LogP contribution in [0.1, 0.15) is 105 Å². The quantitative estimate of drug-likeness (QED) is 0.553. The highest BCUT2D eigenvalue weighted by Gasteiger charge is 2.63. The van der Waals surface area contributed by atoms with Gasteiger partial charge in [-0.15, -0.1) is 0 Å². The van der Waals surface area contributed by atoms with Crippen molar-refractivity contribution < 1.29 is 10.2 Å². The van der Waals surface area contributed by atoms with Gasteiger partial charge in [-0.3, -0.25) is 0 Å². The monoisotopic (exact) mass is 404 g/mol. The van der Waals surface area contributed by atoms with E-state index in [4.69, 9.17) is 0 Å². The van der Waals surface area contributed by atoms with E-state index in [0.29, 0.717) is 34.5 Å². The molecule has 10 atom stereocenters. The van der Waals surface area contributed by atoms with Gasteiger partial charge in [0.25, 0.3) is 0 Å². The Morgan fingerprint density at radius 3 is 2.31 bits per heavy atom. The minimum atomic E-state index is -0.0836. The third kappa shape index (κ3) is 3.73. The number of aliphatic hydroxyl groups is 2. The van der Waals surface area contributed by atoms with Crippen LogP contribution in [0, 0.1) is 52.3 Å². The fourth-order valence-electron chi connectivity index (χ4n) is 9.28. The summed E-state index contributed by atoms with van der Waals surface area (Å²) in [4.78, 5) is 0. The maximum Gasteiger partial charge on any atom is 0.0579 e. The molecule has 0 saturated heterocycles. The summed E-state index contributed by atoms with van der Waals surface area (Å²) in [7, 11) is 0. The molecule has 2 nitrogen and oxygen atoms in total. The molecule has 2 N–H and O–H groups in total. The SMILES string of the molecule is CC(C)CCC[C@@H](C)[C@H]1C[C@H](O)[C@H]2[C@@H]3CCC4C[C@@H](O)CC[C@]4(C)[C@H]3CC[C@@]21C. The van der Waals surface area contributed by atoms with Crippen LogP contribution in [0.5, 0.6) is 0 Å². The smallest absolute Gasteiger partial charge is 0.0579 e. The molecule has 0 aromatic carbocycles. The average Bonchev–Trinajstić information content (AvgIpc) is 2.93. The molecule has 0 bridgehead atoms. The van der Waals surface area contributed by atoms with Crippen molar-refractivity contribution in [1.82, 2.24) is 0 Å². The Labute approximate surface area is 180 Å². The van der Waals surface area contributed by atoms with Gasteiger partial charge in [0.1, 0.15) is 0 Å². The van der Waals surface area contributed by atoms with Gasteiger partial charge in [-0.25, -0.2) is 0 Å². The minimum Gasteiger partial charge on any atom is -0.393 e. The lowest BCUT2D eigenvalue weighted by Crippen LogP contribution is -2.55. The summed E-state index contributed by atoms with van der Waals surface area (Å²) >= 11 is 0. The number of hydrogen-bond donors (Lipinski definition) is 2. The number of rotatable bonds is 5. The Kier molecular flexibility index (Phi) is 6.19. The lowest BCUT2D eigenvalue weighted by molar-refractivity contribution is -0.142. The molecule has 4 rings (SSSR count). The van der Waals surface area contributed by atoms with Crippen LogP contribution >= 0.6 is 0 Å². The predicted molar refractivity (Wildman–Crippen MR) is 120 cm³/mol. The zero-order chi connectivity index (χ0) is 21.0. The zero-order valence-corrected chi connectivity index (χ0v) is 19.9. The topological polar surface area (TPSA) is 40.5 Å². The Hall–Kier alpha value is -0.0800. The van der Waals surface area contributed by atoms with Gasteiger partial charge in [0.15, 0.2) is 0 Å². The van der Waals surface area contributed by atoms with E-state index in [1.165, 1.54) is 51.4 Å². The molecular formula is C27H48O2. The van der Waals surface area contributed by atoms with Crippen molar-refractivity contribution in [3.63, 3.8) is 0 Å². The second kappa shape index (κ2) is 8.12. The molecule has 0 spiro atoms. The highest BCUT2D eigenvalue weighted by Crippen LogP contribution is 2.68. The molecule has 0 amide bonds. The van der Waals surface area contributed by atoms with Crippen LogP contribution in [-0.4, -0.2) is 22.4 Å². The van der Waals surface area contributed by atoms with E-state index in [1.807, 2.05) is 0 Å². The lowest BCUT2D eigenvalue weighted by Gasteiger charge is -2.61. The summed E-state index contributed by atoms with van der Waals surface area (Å²) < 4.78 is 0. The highest BCUT2D eigenvalue weighted by atomic mass is 16.3. The van der Waals surface area contributed by atoms with E-state index >= 15 is 0 Å². The van der Waals surface area contributed by atoms with Crippen molar-refractivity contribution in [2.24, 2.45) is 52.3 Å². The van der Waals surface area contributed by atoms with Gasteiger partial charge in [0.2, 0.25) is 0 Å². The Morgan fingerprint density at radius 2 is 1.59 bits per heavy atom. The molecule has 0 aliphatic heterocycles. The second-order valence-electron chi connectivity index (χ2n) is 12.8. The van der Waals surface area contributed by atoms with Gasteiger partial charge in [0.05, 0.1) is 12.2 Å². The van der Waals surface area contributed by atoms with Crippen LogP contribution in [0.25, 0.3) is 0 Å². The Balaban J connectivity index is 1.51. The number of hydrogen-bond acceptors (Lipinski definition) is 2. The summed E-state index contributed by atoms with van der Waals surface area (Å²) in [5.41, 5.74) is 0.749. The molecule has 4 aliphatic rings. The molecule has 0 aromatic rings. The van der Waals surface area contributed by atoms with Crippen LogP contribution in [-0.2, 0) is 0 Å². The van der Waals surface area contributed by atoms with Crippen molar-refractivity contribution in [3.8, 4) is 0 Å². The minimum absolute atomic E-state index is 0.0633. The van der Waals surface area contributed by atoms with Crippen molar-refractivity contribution in [1.29, 1.82) is 0 Å². The maximum absolute atomic E-state index is 11.3. The first-order chi connectivity index (χ1) is 13.7. The van der Waals surface area contributed by atoms with Crippen LogP contribution in [0.2, 0.25) is 0 Å². The van der Waals surface area contributed by atoms with Crippen LogP contribution < -0.4 is 0 Å². The van der Waals surface area contributed by atoms with Gasteiger partial charge in [-0.1, -0.05) is 53.9 Å². The van der Waals surface area contributed by atoms with Crippen molar-refractivity contribution in [2.75, 3.05) is 0 Å². The fourth-order valence-corrected chi connectivity index (χ4v) is 9.28. The molecule has 2 heteroatoms. The van der Waals surface area contributed by atoms with Crippen molar-refractivity contribution in [3.05, 3.63) is 0 Å². The predicted octanol–water partition coefficient (Wildman–Crippen LogP) is 6.44. The summed E-state index contributed by atoms with van der Waals surface area (Å²) in [6.45, 7) is 12.3. The molecular weight excluding hydrogens is 356 g/mol. The molecule has 1 unspecified atom stereocenters. The van der Waals surface area contributed by atoms with Crippen LogP contribution in [0.3, 0.4) is 0 Å². The van der Waals surface area contributed by atoms with Crippen molar-refractivity contribution >= 4 is 0 Å². The van der Waals surface area contributed by atoms with E-state index in [0.717, 1.165) is 37.0 Å². The number of aliphatic hydroxyl groups excluding tert-OH is 2. The molecule has 4 aliphatic carbocycles. The highest BCUT2D eigenvalue weighted by molar-refractivity contribution is 5.12. The molecule has 0 heterocycles. The van der Waals surface area contributed by atoms with Gasteiger partial charge in [-0.2, -0.15) is 0 Å². The standard InChI is InChI=1S/C27H48O2/c1-17(2)7-6-8-18(3)23-16-24(29)25-21-10-9-19-15-20(28)11-13-26(19,4)22(21)12-14-27(23,25)5/h17-25,28-29H,6-16H2,1-5H3/t18-,19?,20+,21-,22+,23-,24+,25-,26+,27-/m1/s1. The van der Waals surface area contributed by atoms with Gasteiger partial charge >= 0.3 is 0 Å². The van der Waals surface area contributed by atoms with Crippen LogP contribution in [0.15, 0.2) is 0 Å². The van der Waals surface area contributed by atoms with E-state index < -0.39 is 0 Å². The fraction of sp³-hybridized carbons (Fsp3) is 1.00. The first-order valence-electron chi connectivity index (χ1n) is 13.0. The van der Waals surface area contributed by atoms with Crippen LogP contribution in [0.4, 0.5) is 0 Å². The maximum atomic E-state index is 11.3. The van der Waals surface area contributed by atoms with Gasteiger partial charge in [-0.05, 0) is 104 Å². The molecule has 4 saturated carbocycles. The molecule has 0 aromatic heterocycles. The molecule has 0 radical (unpaired) electrons. The lowest BCUT2D eigenvalue weighted by atomic mass is 9.44. The number of fused-ring (bicyclic) bond motifs is 5. The Bertz CT molecular complexity index is 573. The normalized spacial score (nSPS) is 50.7. The van der Waals surface area contributed by atoms with E-state index in [-0.39, 0.29) is 12.2 Å². The van der Waals surface area contributed by atoms with Gasteiger partial charge in [0, 0.05) is 0 Å². The average molecular weight is 405 g/mol. The second-order valence-corrected chi connectivity index (χ2v) is 12.8. The third-order valence-corrected chi connectivity index (χ3v) is 10.8. The largest absolute Gasteiger partial charge is 0.393 e. The summed E-state index contributed by atoms with van der Waals surface area (Å²) in [6.07, 6.45) is 13.4. The zero-order valence-electron chi connectivity index (χ0n) is 19.9. The Morgan fingerprint density at radius 1 is 0.862 bits per heavy atom. The summed E-state index contributed by atoms with van der Waals surface area (Å²) in [5, 5.41) is 21.6. The molecule has 29 heavy (non-hydrogen) atoms. The summed E-state index contributed by atoms with van der Waals surface area (Å²) in [5.74, 6) is 4.97. The van der Waals surface area contributed by atoms with E-state index in [2.05, 4.69) is 34.6 Å².